The monoisotopic (exact) mass is 207 g/mol. The van der Waals surface area contributed by atoms with Crippen LogP contribution in [0.25, 0.3) is 0 Å². The van der Waals surface area contributed by atoms with E-state index in [1.165, 1.54) is 0 Å². The van der Waals surface area contributed by atoms with Gasteiger partial charge in [-0.15, -0.1) is 6.58 Å². The molecule has 2 aliphatic heterocycles. The van der Waals surface area contributed by atoms with Gasteiger partial charge in [-0.25, -0.2) is 0 Å². The average molecular weight is 207 g/mol. The minimum Gasteiger partial charge on any atom is -0.336 e. The molecule has 0 spiro atoms. The summed E-state index contributed by atoms with van der Waals surface area (Å²) in [6, 6.07) is 0. The molecule has 0 aromatic rings. The van der Waals surface area contributed by atoms with Gasteiger partial charge in [0.05, 0.1) is 0 Å². The Morgan fingerprint density at radius 1 is 1.53 bits per heavy atom. The second kappa shape index (κ2) is 3.49. The first-order valence-corrected chi connectivity index (χ1v) is 4.87. The van der Waals surface area contributed by atoms with Gasteiger partial charge in [0.2, 0.25) is 11.9 Å². The van der Waals surface area contributed by atoms with Crippen molar-refractivity contribution in [3.8, 4) is 0 Å². The number of guanidine groups is 1. The Balaban J connectivity index is 2.18. The standard InChI is InChI=1S/C10H13N3O2/c1-3-7-4-9(15)13(5-7)10-11-8(14)6-12(10)2/h3,7H,1,4-6H2,2H3. The second-order valence-corrected chi connectivity index (χ2v) is 3.87. The predicted molar refractivity (Wildman–Crippen MR) is 55.1 cm³/mol. The van der Waals surface area contributed by atoms with Crippen molar-refractivity contribution in [1.29, 1.82) is 0 Å². The zero-order valence-electron chi connectivity index (χ0n) is 8.64. The fourth-order valence-electron chi connectivity index (χ4n) is 1.86. The predicted octanol–water partition coefficient (Wildman–Crippen LogP) is -0.151. The third kappa shape index (κ3) is 1.65. The second-order valence-electron chi connectivity index (χ2n) is 3.87. The molecule has 0 aliphatic carbocycles. The first-order valence-electron chi connectivity index (χ1n) is 4.87. The number of carbonyl (C=O) groups is 2. The van der Waals surface area contributed by atoms with E-state index in [1.54, 1.807) is 22.9 Å². The highest BCUT2D eigenvalue weighted by atomic mass is 16.2. The lowest BCUT2D eigenvalue weighted by Gasteiger charge is -2.21. The molecule has 5 heteroatoms. The van der Waals surface area contributed by atoms with E-state index < -0.39 is 0 Å². The highest BCUT2D eigenvalue weighted by molar-refractivity contribution is 6.07. The summed E-state index contributed by atoms with van der Waals surface area (Å²) in [5.41, 5.74) is 0. The van der Waals surface area contributed by atoms with Gasteiger partial charge in [-0.05, 0) is 0 Å². The number of hydrogen-bond acceptors (Lipinski definition) is 3. The van der Waals surface area contributed by atoms with E-state index >= 15 is 0 Å². The van der Waals surface area contributed by atoms with Crippen molar-refractivity contribution in [1.82, 2.24) is 9.80 Å². The zero-order chi connectivity index (χ0) is 11.0. The average Bonchev–Trinajstić information content (AvgIpc) is 2.69. The minimum atomic E-state index is -0.192. The van der Waals surface area contributed by atoms with E-state index in [0.29, 0.717) is 18.9 Å². The van der Waals surface area contributed by atoms with Crippen LogP contribution in [0.4, 0.5) is 0 Å². The van der Waals surface area contributed by atoms with Crippen molar-refractivity contribution >= 4 is 17.8 Å². The third-order valence-corrected chi connectivity index (χ3v) is 2.67. The van der Waals surface area contributed by atoms with E-state index in [4.69, 9.17) is 0 Å². The summed E-state index contributed by atoms with van der Waals surface area (Å²) in [6.07, 6.45) is 2.24. The third-order valence-electron chi connectivity index (χ3n) is 2.67. The molecule has 80 valence electrons. The maximum absolute atomic E-state index is 11.6. The molecule has 0 radical (unpaired) electrons. The Morgan fingerprint density at radius 2 is 2.27 bits per heavy atom. The van der Waals surface area contributed by atoms with Gasteiger partial charge >= 0.3 is 0 Å². The van der Waals surface area contributed by atoms with Crippen LogP contribution in [-0.4, -0.2) is 47.7 Å². The number of hydrogen-bond donors (Lipinski definition) is 0. The first kappa shape index (κ1) is 9.89. The van der Waals surface area contributed by atoms with Gasteiger partial charge < -0.3 is 4.90 Å². The van der Waals surface area contributed by atoms with Gasteiger partial charge in [-0.2, -0.15) is 4.99 Å². The topological polar surface area (TPSA) is 53.0 Å². The lowest BCUT2D eigenvalue weighted by molar-refractivity contribution is -0.124. The number of amides is 2. The highest BCUT2D eigenvalue weighted by Gasteiger charge is 2.35. The molecule has 15 heavy (non-hydrogen) atoms. The van der Waals surface area contributed by atoms with Gasteiger partial charge in [0.15, 0.2) is 0 Å². The number of likely N-dealkylation sites (tertiary alicyclic amines) is 1. The zero-order valence-corrected chi connectivity index (χ0v) is 8.64. The summed E-state index contributed by atoms with van der Waals surface area (Å²) in [5.74, 6) is 0.473. The van der Waals surface area contributed by atoms with Crippen LogP contribution in [0.15, 0.2) is 17.6 Å². The van der Waals surface area contributed by atoms with E-state index in [-0.39, 0.29) is 24.3 Å². The maximum atomic E-state index is 11.6. The van der Waals surface area contributed by atoms with Crippen LogP contribution in [0.2, 0.25) is 0 Å². The van der Waals surface area contributed by atoms with Gasteiger partial charge in [-0.3, -0.25) is 14.5 Å². The van der Waals surface area contributed by atoms with E-state index in [1.807, 2.05) is 0 Å². The minimum absolute atomic E-state index is 0.0141. The van der Waals surface area contributed by atoms with E-state index in [0.717, 1.165) is 0 Å². The van der Waals surface area contributed by atoms with Crippen LogP contribution in [0, 0.1) is 5.92 Å². The number of aliphatic imine (C=N–C) groups is 1. The number of likely N-dealkylation sites (N-methyl/N-ethyl adjacent to an activating group) is 1. The molecular formula is C10H13N3O2. The summed E-state index contributed by atoms with van der Waals surface area (Å²) in [6.45, 7) is 4.52. The molecule has 1 atom stereocenters. The Hall–Kier alpha value is -1.65. The van der Waals surface area contributed by atoms with Crippen molar-refractivity contribution in [2.24, 2.45) is 10.9 Å². The van der Waals surface area contributed by atoms with Crippen molar-refractivity contribution in [3.63, 3.8) is 0 Å². The number of nitrogens with zero attached hydrogens (tertiary/aromatic N) is 3. The molecular weight excluding hydrogens is 194 g/mol. The summed E-state index contributed by atoms with van der Waals surface area (Å²) < 4.78 is 0. The lowest BCUT2D eigenvalue weighted by Crippen LogP contribution is -2.40. The van der Waals surface area contributed by atoms with Gasteiger partial charge in [0.1, 0.15) is 6.54 Å². The molecule has 0 saturated carbocycles. The summed E-state index contributed by atoms with van der Waals surface area (Å²) >= 11 is 0. The normalized spacial score (nSPS) is 26.2. The molecule has 0 aromatic heterocycles. The Kier molecular flexibility index (Phi) is 2.30. The molecule has 0 aromatic carbocycles. The van der Waals surface area contributed by atoms with Gasteiger partial charge in [0.25, 0.3) is 5.91 Å². The van der Waals surface area contributed by atoms with Crippen molar-refractivity contribution in [3.05, 3.63) is 12.7 Å². The van der Waals surface area contributed by atoms with Crippen LogP contribution in [0.1, 0.15) is 6.42 Å². The molecule has 0 bridgehead atoms. The quantitative estimate of drug-likeness (QED) is 0.562. The van der Waals surface area contributed by atoms with Crippen LogP contribution in [0.5, 0.6) is 0 Å². The van der Waals surface area contributed by atoms with Crippen molar-refractivity contribution in [2.75, 3.05) is 20.1 Å². The lowest BCUT2D eigenvalue weighted by atomic mass is 10.1. The molecule has 2 aliphatic rings. The summed E-state index contributed by atoms with van der Waals surface area (Å²) in [7, 11) is 1.76. The van der Waals surface area contributed by atoms with Crippen LogP contribution >= 0.6 is 0 Å². The first-order chi connectivity index (χ1) is 7.11. The smallest absolute Gasteiger partial charge is 0.268 e. The van der Waals surface area contributed by atoms with Crippen molar-refractivity contribution in [2.45, 2.75) is 6.42 Å². The molecule has 1 saturated heterocycles. The van der Waals surface area contributed by atoms with E-state index in [2.05, 4.69) is 11.6 Å². The highest BCUT2D eigenvalue weighted by Crippen LogP contribution is 2.21. The number of rotatable bonds is 1. The Bertz CT molecular complexity index is 362. The molecule has 1 unspecified atom stereocenters. The maximum Gasteiger partial charge on any atom is 0.268 e. The fourth-order valence-corrected chi connectivity index (χ4v) is 1.86. The van der Waals surface area contributed by atoms with Crippen LogP contribution < -0.4 is 0 Å². The van der Waals surface area contributed by atoms with Crippen LogP contribution in [-0.2, 0) is 9.59 Å². The van der Waals surface area contributed by atoms with Crippen molar-refractivity contribution < 1.29 is 9.59 Å². The Morgan fingerprint density at radius 3 is 2.73 bits per heavy atom. The van der Waals surface area contributed by atoms with Gasteiger partial charge in [-0.1, -0.05) is 6.08 Å². The summed E-state index contributed by atoms with van der Waals surface area (Å²) in [5, 5.41) is 0. The molecule has 1 fully saturated rings. The molecule has 2 amide bonds. The summed E-state index contributed by atoms with van der Waals surface area (Å²) in [4.78, 5) is 29.8. The fraction of sp³-hybridized carbons (Fsp3) is 0.500. The van der Waals surface area contributed by atoms with E-state index in [9.17, 15) is 9.59 Å². The molecule has 5 nitrogen and oxygen atoms in total. The molecule has 2 rings (SSSR count). The molecule has 0 N–H and O–H groups in total. The Labute approximate surface area is 88.1 Å². The van der Waals surface area contributed by atoms with Gasteiger partial charge in [0, 0.05) is 25.9 Å². The van der Waals surface area contributed by atoms with Crippen LogP contribution in [0.3, 0.4) is 0 Å². The molecule has 2 heterocycles. The number of carbonyl (C=O) groups excluding carboxylic acids is 2. The largest absolute Gasteiger partial charge is 0.336 e. The SMILES string of the molecule is C=CC1CC(=O)N(C2=NC(=O)CN2C)C1.